The Kier molecular flexibility index (Phi) is 10.9. The van der Waals surface area contributed by atoms with E-state index in [9.17, 15) is 9.90 Å². The molecule has 1 radical (unpaired) electrons. The van der Waals surface area contributed by atoms with E-state index >= 15 is 0 Å². The normalized spacial score (nSPS) is 11.8. The molecule has 233 valence electrons. The average Bonchev–Trinajstić information content (AvgIpc) is 3.07. The molecule has 0 amide bonds. The van der Waals surface area contributed by atoms with Gasteiger partial charge in [-0.05, 0) is 22.9 Å². The molecule has 6 aromatic rings. The fourth-order valence-corrected chi connectivity index (χ4v) is 6.32. The van der Waals surface area contributed by atoms with Gasteiger partial charge in [0, 0.05) is 42.7 Å². The van der Waals surface area contributed by atoms with Gasteiger partial charge in [-0.3, -0.25) is 9.78 Å². The van der Waals surface area contributed by atoms with E-state index < -0.39 is 19.9 Å². The van der Waals surface area contributed by atoms with Crippen molar-refractivity contribution in [2.75, 3.05) is 0 Å². The smallest absolute Gasteiger partial charge is 0.189 e. The second-order valence-corrected chi connectivity index (χ2v) is 17.3. The Morgan fingerprint density at radius 1 is 0.783 bits per heavy atom. The molecule has 46 heavy (non-hydrogen) atoms. The van der Waals surface area contributed by atoms with Crippen LogP contribution in [-0.4, -0.2) is 23.9 Å². The number of pyridine rings is 1. The van der Waals surface area contributed by atoms with Gasteiger partial charge in [0.1, 0.15) is 5.76 Å². The van der Waals surface area contributed by atoms with Crippen molar-refractivity contribution in [3.8, 4) is 22.4 Å². The van der Waals surface area contributed by atoms with Crippen molar-refractivity contribution in [3.05, 3.63) is 162 Å². The molecular weight excluding hydrogens is 759 g/mol. The van der Waals surface area contributed by atoms with Gasteiger partial charge in [-0.15, -0.1) is 34.9 Å². The van der Waals surface area contributed by atoms with E-state index in [2.05, 4.69) is 106 Å². The van der Waals surface area contributed by atoms with Crippen molar-refractivity contribution in [2.45, 2.75) is 33.5 Å². The number of ketones is 1. The quantitative estimate of drug-likeness (QED) is 0.0601. The number of carbonyl (C=O) groups excluding carboxylic acids is 1. The van der Waals surface area contributed by atoms with Crippen molar-refractivity contribution in [3.63, 3.8) is 0 Å². The molecule has 1 heterocycles. The van der Waals surface area contributed by atoms with Gasteiger partial charge in [0.2, 0.25) is 0 Å². The summed E-state index contributed by atoms with van der Waals surface area (Å²) < 4.78 is 7.74. The minimum absolute atomic E-state index is 0. The number of hydrogen-bond donors (Lipinski definition) is 1. The van der Waals surface area contributed by atoms with Gasteiger partial charge in [-0.1, -0.05) is 148 Å². The Morgan fingerprint density at radius 3 is 1.96 bits per heavy atom. The van der Waals surface area contributed by atoms with Gasteiger partial charge < -0.3 is 5.11 Å². The second kappa shape index (κ2) is 15.2. The van der Waals surface area contributed by atoms with E-state index in [-0.39, 0.29) is 25.9 Å². The molecule has 1 aromatic heterocycles. The van der Waals surface area contributed by atoms with Crippen molar-refractivity contribution < 1.29 is 31.4 Å². The molecule has 0 aliphatic carbocycles. The van der Waals surface area contributed by atoms with Crippen molar-refractivity contribution >= 4 is 35.7 Å². The molecule has 0 saturated heterocycles. The monoisotopic (exact) mass is 798 g/mol. The summed E-state index contributed by atoms with van der Waals surface area (Å²) in [6, 6.07) is 44.2. The van der Waals surface area contributed by atoms with Crippen LogP contribution in [0.5, 0.6) is 0 Å². The molecule has 0 aliphatic heterocycles. The average molecular weight is 798 g/mol. The van der Waals surface area contributed by atoms with E-state index in [0.717, 1.165) is 22.3 Å². The number of aliphatic hydroxyl groups is 1. The molecule has 0 spiro atoms. The largest absolute Gasteiger partial charge is 0.507 e. The molecule has 1 N–H and O–H groups in total. The van der Waals surface area contributed by atoms with E-state index in [1.807, 2.05) is 0 Å². The molecule has 3 nitrogen and oxygen atoms in total. The molecule has 0 saturated carbocycles. The maximum absolute atomic E-state index is 12.0. The molecule has 6 rings (SSSR count). The first-order chi connectivity index (χ1) is 22.0. The van der Waals surface area contributed by atoms with Crippen LogP contribution in [0.2, 0.25) is 19.6 Å². The van der Waals surface area contributed by atoms with Gasteiger partial charge >= 0.3 is 0 Å². The number of nitrogens with zero attached hydrogens (tertiary/aromatic N) is 1. The number of aliphatic hydroxyl groups excluding tert-OH is 1. The standard InChI is InChI=1S/C26H26NSi.C15H12O2.Ir/c1-18-13-19(2)15-21(14-18)26-17-23(20-9-7-6-8-10-20)24-16-22(28(3,4)5)11-12-25(24)27-26;16-14(12-7-3-1-4-8-12)11-15(17)13-9-5-2-6-10-13;/h6-14,16-17H,1-5H3;1-11,16H;/q-1;;/b;14-11-;/i;11D;. The summed E-state index contributed by atoms with van der Waals surface area (Å²) in [7, 11) is -1.40. The molecule has 0 aliphatic rings. The summed E-state index contributed by atoms with van der Waals surface area (Å²) in [5.41, 5.74) is 8.81. The zero-order valence-electron chi connectivity index (χ0n) is 27.8. The summed E-state index contributed by atoms with van der Waals surface area (Å²) in [6.45, 7) is 11.4. The fraction of sp³-hybridized carbons (Fsp3) is 0.122. The SMILES string of the molecule is Cc1[c-]c(-c2cc(-c3ccccc3)c3cc([Si](C)(C)C)ccc3n2)cc(C)c1.[2H]/C(C(=O)c1ccccc1)=C(/O)c1ccccc1.[Ir]. The Morgan fingerprint density at radius 2 is 1.37 bits per heavy atom. The molecule has 0 fully saturated rings. The number of rotatable bonds is 6. The molecule has 0 unspecified atom stereocenters. The maximum atomic E-state index is 12.0. The molecule has 5 heteroatoms. The van der Waals surface area contributed by atoms with Gasteiger partial charge in [0.25, 0.3) is 0 Å². The van der Waals surface area contributed by atoms with E-state index in [1.165, 1.54) is 27.3 Å². The summed E-state index contributed by atoms with van der Waals surface area (Å²) in [4.78, 5) is 17.0. The number of hydrogen-bond acceptors (Lipinski definition) is 3. The van der Waals surface area contributed by atoms with Crippen LogP contribution in [0.1, 0.15) is 28.4 Å². The minimum Gasteiger partial charge on any atom is -0.507 e. The Hall–Kier alpha value is -4.41. The number of carbonyl (C=O) groups is 1. The number of fused-ring (bicyclic) bond motifs is 1. The molecule has 5 aromatic carbocycles. The zero-order valence-corrected chi connectivity index (χ0v) is 30.2. The van der Waals surface area contributed by atoms with Crippen molar-refractivity contribution in [1.82, 2.24) is 4.98 Å². The molecular formula is C41H38IrNO2Si-. The minimum atomic E-state index is -1.40. The summed E-state index contributed by atoms with van der Waals surface area (Å²) in [6.07, 6.45) is 0. The first kappa shape index (κ1) is 33.0. The second-order valence-electron chi connectivity index (χ2n) is 12.2. The van der Waals surface area contributed by atoms with Gasteiger partial charge in [-0.2, -0.15) is 0 Å². The number of allylic oxidation sites excluding steroid dienone is 1. The molecule has 0 atom stereocenters. The van der Waals surface area contributed by atoms with Crippen LogP contribution in [0.15, 0.2) is 133 Å². The van der Waals surface area contributed by atoms with Crippen LogP contribution in [0.3, 0.4) is 0 Å². The van der Waals surface area contributed by atoms with Gasteiger partial charge in [0.15, 0.2) is 5.78 Å². The Labute approximate surface area is 288 Å². The maximum Gasteiger partial charge on any atom is 0.189 e. The third kappa shape index (κ3) is 8.64. The fourth-order valence-electron chi connectivity index (χ4n) is 5.16. The van der Waals surface area contributed by atoms with Crippen molar-refractivity contribution in [2.24, 2.45) is 0 Å². The van der Waals surface area contributed by atoms with Crippen LogP contribution >= 0.6 is 0 Å². The summed E-state index contributed by atoms with van der Waals surface area (Å²) in [5, 5.41) is 12.6. The number of aryl methyl sites for hydroxylation is 2. The summed E-state index contributed by atoms with van der Waals surface area (Å²) >= 11 is 0. The van der Waals surface area contributed by atoms with Gasteiger partial charge in [-0.25, -0.2) is 0 Å². The first-order valence-corrected chi connectivity index (χ1v) is 18.6. The molecule has 0 bridgehead atoms. The van der Waals surface area contributed by atoms with E-state index in [1.54, 1.807) is 60.7 Å². The van der Waals surface area contributed by atoms with E-state index in [0.29, 0.717) is 11.1 Å². The Balaban J connectivity index is 0.000000229. The third-order valence-corrected chi connectivity index (χ3v) is 9.54. The first-order valence-electron chi connectivity index (χ1n) is 15.6. The van der Waals surface area contributed by atoms with Crippen molar-refractivity contribution in [1.29, 1.82) is 0 Å². The predicted molar refractivity (Wildman–Crippen MR) is 192 cm³/mol. The predicted octanol–water partition coefficient (Wildman–Crippen LogP) is 10.00. The van der Waals surface area contributed by atoms with Crippen LogP contribution in [0.4, 0.5) is 0 Å². The third-order valence-electron chi connectivity index (χ3n) is 7.50. The van der Waals surface area contributed by atoms with Crippen LogP contribution in [0, 0.1) is 19.9 Å². The number of benzene rings is 5. The Bertz CT molecular complexity index is 2000. The van der Waals surface area contributed by atoms with Crippen LogP contribution in [0.25, 0.3) is 39.0 Å². The summed E-state index contributed by atoms with van der Waals surface area (Å²) in [5.74, 6) is -0.790. The van der Waals surface area contributed by atoms with E-state index in [4.69, 9.17) is 6.35 Å². The zero-order chi connectivity index (χ0) is 32.8. The van der Waals surface area contributed by atoms with Crippen LogP contribution in [-0.2, 0) is 20.1 Å². The topological polar surface area (TPSA) is 50.2 Å². The van der Waals surface area contributed by atoms with Gasteiger partial charge in [0.05, 0.1) is 15.0 Å². The van der Waals surface area contributed by atoms with Crippen LogP contribution < -0.4 is 5.19 Å². The number of aromatic nitrogens is 1.